The van der Waals surface area contributed by atoms with E-state index in [0.717, 1.165) is 24.8 Å². The first-order valence-electron chi connectivity index (χ1n) is 15.6. The molecule has 0 fully saturated rings. The quantitative estimate of drug-likeness (QED) is 0.0697. The lowest BCUT2D eigenvalue weighted by Gasteiger charge is -2.13. The SMILES string of the molecule is CCn1nc(C)cc1C(=O)Nc1nc2cc(C(N)=O)cc(OCCCNC)c2n1C/C=C/Cn1c(NC)nc2cc(C=O)cc(OC)c21. The second-order valence-corrected chi connectivity index (χ2v) is 11.0. The van der Waals surface area contributed by atoms with E-state index in [2.05, 4.69) is 26.0 Å². The van der Waals surface area contributed by atoms with Gasteiger partial charge in [0.05, 0.1) is 30.4 Å². The molecule has 252 valence electrons. The average molecular weight is 657 g/mol. The fourth-order valence-electron chi connectivity index (χ4n) is 5.52. The number of fused-ring (bicyclic) bond motifs is 2. The van der Waals surface area contributed by atoms with Gasteiger partial charge in [-0.1, -0.05) is 12.2 Å². The van der Waals surface area contributed by atoms with E-state index in [9.17, 15) is 14.4 Å². The van der Waals surface area contributed by atoms with Crippen LogP contribution in [0.2, 0.25) is 0 Å². The van der Waals surface area contributed by atoms with Crippen LogP contribution in [-0.4, -0.2) is 81.3 Å². The maximum absolute atomic E-state index is 13.5. The van der Waals surface area contributed by atoms with Crippen LogP contribution in [0, 0.1) is 6.92 Å². The van der Waals surface area contributed by atoms with Gasteiger partial charge in [-0.05, 0) is 64.2 Å². The highest BCUT2D eigenvalue weighted by atomic mass is 16.5. The summed E-state index contributed by atoms with van der Waals surface area (Å²) in [6.07, 6.45) is 5.37. The molecule has 2 amide bonds. The molecule has 0 atom stereocenters. The van der Waals surface area contributed by atoms with Gasteiger partial charge in [-0.15, -0.1) is 0 Å². The summed E-state index contributed by atoms with van der Waals surface area (Å²) >= 11 is 0. The van der Waals surface area contributed by atoms with Gasteiger partial charge < -0.3 is 35.0 Å². The minimum absolute atomic E-state index is 0.238. The summed E-state index contributed by atoms with van der Waals surface area (Å²) in [5.74, 6) is 0.792. The van der Waals surface area contributed by atoms with E-state index in [0.29, 0.717) is 70.6 Å². The van der Waals surface area contributed by atoms with E-state index in [1.54, 1.807) is 49.2 Å². The monoisotopic (exact) mass is 656 g/mol. The summed E-state index contributed by atoms with van der Waals surface area (Å²) in [7, 11) is 5.18. The maximum atomic E-state index is 13.5. The van der Waals surface area contributed by atoms with E-state index in [1.807, 2.05) is 42.2 Å². The summed E-state index contributed by atoms with van der Waals surface area (Å²) in [5.41, 5.74) is 9.85. The number of benzene rings is 2. The predicted octanol–water partition coefficient (Wildman–Crippen LogP) is 3.37. The molecule has 48 heavy (non-hydrogen) atoms. The minimum atomic E-state index is -0.622. The molecular weight excluding hydrogens is 616 g/mol. The van der Waals surface area contributed by atoms with Crippen LogP contribution in [0.15, 0.2) is 42.5 Å². The van der Waals surface area contributed by atoms with E-state index < -0.39 is 5.91 Å². The highest BCUT2D eigenvalue weighted by molar-refractivity contribution is 6.04. The molecule has 15 heteroatoms. The Hall–Kier alpha value is -5.70. The van der Waals surface area contributed by atoms with Gasteiger partial charge in [0.25, 0.3) is 5.91 Å². The number of aldehydes is 1. The molecule has 0 unspecified atom stereocenters. The summed E-state index contributed by atoms with van der Waals surface area (Å²) in [6, 6.07) is 8.29. The van der Waals surface area contributed by atoms with Crippen molar-refractivity contribution in [3.8, 4) is 11.5 Å². The number of primary amides is 1. The molecule has 0 aliphatic heterocycles. The van der Waals surface area contributed by atoms with Gasteiger partial charge in [-0.25, -0.2) is 9.97 Å². The third kappa shape index (κ3) is 6.85. The molecule has 15 nitrogen and oxygen atoms in total. The predicted molar refractivity (Wildman–Crippen MR) is 183 cm³/mol. The Morgan fingerprint density at radius 1 is 0.958 bits per heavy atom. The summed E-state index contributed by atoms with van der Waals surface area (Å²) in [4.78, 5) is 46.6. The Morgan fingerprint density at radius 3 is 2.29 bits per heavy atom. The van der Waals surface area contributed by atoms with Crippen molar-refractivity contribution < 1.29 is 23.9 Å². The number of ether oxygens (including phenoxy) is 2. The Bertz CT molecular complexity index is 2010. The Morgan fingerprint density at radius 2 is 1.65 bits per heavy atom. The number of aryl methyl sites for hydroxylation is 2. The number of nitrogens with two attached hydrogens (primary N) is 1. The van der Waals surface area contributed by atoms with Gasteiger partial charge in [0, 0.05) is 37.8 Å². The summed E-state index contributed by atoms with van der Waals surface area (Å²) < 4.78 is 17.1. The maximum Gasteiger partial charge on any atom is 0.276 e. The van der Waals surface area contributed by atoms with Crippen LogP contribution in [0.4, 0.5) is 11.9 Å². The second-order valence-electron chi connectivity index (χ2n) is 11.0. The largest absolute Gasteiger partial charge is 0.494 e. The number of nitrogens with zero attached hydrogens (tertiary/aromatic N) is 6. The number of hydrogen-bond donors (Lipinski definition) is 4. The Balaban J connectivity index is 1.55. The molecule has 0 aliphatic carbocycles. The zero-order valence-electron chi connectivity index (χ0n) is 27.7. The normalized spacial score (nSPS) is 11.4. The first-order chi connectivity index (χ1) is 23.2. The lowest BCUT2D eigenvalue weighted by molar-refractivity contribution is 0.0995. The number of methoxy groups -OCH3 is 1. The Labute approximate surface area is 277 Å². The molecule has 3 heterocycles. The molecule has 3 aromatic heterocycles. The number of rotatable bonds is 16. The smallest absolute Gasteiger partial charge is 0.276 e. The van der Waals surface area contributed by atoms with Crippen LogP contribution in [0.25, 0.3) is 22.1 Å². The highest BCUT2D eigenvalue weighted by Gasteiger charge is 2.22. The average Bonchev–Trinajstić information content (AvgIpc) is 3.76. The van der Waals surface area contributed by atoms with E-state index in [1.165, 1.54) is 0 Å². The molecule has 5 rings (SSSR count). The number of anilines is 2. The van der Waals surface area contributed by atoms with Crippen LogP contribution in [0.5, 0.6) is 11.5 Å². The van der Waals surface area contributed by atoms with Gasteiger partial charge >= 0.3 is 0 Å². The van der Waals surface area contributed by atoms with Crippen LogP contribution < -0.4 is 31.2 Å². The van der Waals surface area contributed by atoms with E-state index in [4.69, 9.17) is 20.2 Å². The molecular formula is C33H40N10O5. The molecule has 5 aromatic rings. The third-order valence-electron chi connectivity index (χ3n) is 7.73. The zero-order valence-corrected chi connectivity index (χ0v) is 27.7. The number of allylic oxidation sites excluding steroid dienone is 2. The van der Waals surface area contributed by atoms with Crippen molar-refractivity contribution in [2.24, 2.45) is 5.73 Å². The number of aromatic nitrogens is 6. The van der Waals surface area contributed by atoms with E-state index >= 15 is 0 Å². The van der Waals surface area contributed by atoms with Crippen LogP contribution in [0.3, 0.4) is 0 Å². The van der Waals surface area contributed by atoms with Crippen LogP contribution in [-0.2, 0) is 19.6 Å². The fraction of sp³-hybridized carbons (Fsp3) is 0.333. The van der Waals surface area contributed by atoms with Crippen molar-refractivity contribution in [3.63, 3.8) is 0 Å². The molecule has 0 aliphatic rings. The number of carbonyl (C=O) groups is 3. The van der Waals surface area contributed by atoms with Crippen molar-refractivity contribution in [1.82, 2.24) is 34.2 Å². The molecule has 0 radical (unpaired) electrons. The van der Waals surface area contributed by atoms with Gasteiger partial charge in [0.15, 0.2) is 0 Å². The number of carbonyl (C=O) groups excluding carboxylic acids is 3. The van der Waals surface area contributed by atoms with Gasteiger partial charge in [-0.3, -0.25) is 24.4 Å². The molecule has 2 aromatic carbocycles. The number of nitrogens with one attached hydrogen (secondary N) is 3. The standard InChI is InChI=1S/C33H40N10O5/c1-6-43-25(14-20(2)40-43)31(46)39-33-38-24-17-22(30(34)45)18-27(48-13-9-10-35-3)29(24)42(33)12-8-7-11-41-28-23(37-32(41)36-4)15-21(19-44)16-26(28)47-5/h7-8,14-19,35H,6,9-13H2,1-5H3,(H2,34,45)(H,36,37)(H,38,39,46)/b8-7+. The first kappa shape index (κ1) is 33.7. The zero-order chi connectivity index (χ0) is 34.4. The van der Waals surface area contributed by atoms with Crippen molar-refractivity contribution in [2.75, 3.05) is 45.0 Å². The topological polar surface area (TPSA) is 185 Å². The third-order valence-corrected chi connectivity index (χ3v) is 7.73. The van der Waals surface area contributed by atoms with Crippen molar-refractivity contribution in [1.29, 1.82) is 0 Å². The summed E-state index contributed by atoms with van der Waals surface area (Å²) in [5, 5.41) is 13.5. The van der Waals surface area contributed by atoms with Crippen molar-refractivity contribution in [3.05, 3.63) is 65.0 Å². The molecule has 0 spiro atoms. The molecule has 5 N–H and O–H groups in total. The van der Waals surface area contributed by atoms with Gasteiger partial charge in [0.2, 0.25) is 17.8 Å². The van der Waals surface area contributed by atoms with Crippen molar-refractivity contribution >= 4 is 52.1 Å². The molecule has 0 saturated carbocycles. The highest BCUT2D eigenvalue weighted by Crippen LogP contribution is 2.32. The second kappa shape index (κ2) is 14.8. The van der Waals surface area contributed by atoms with Gasteiger partial charge in [0.1, 0.15) is 34.5 Å². The molecule has 0 bridgehead atoms. The Kier molecular flexibility index (Phi) is 10.4. The number of amides is 2. The fourth-order valence-corrected chi connectivity index (χ4v) is 5.52. The lowest BCUT2D eigenvalue weighted by Crippen LogP contribution is -2.20. The first-order valence-corrected chi connectivity index (χ1v) is 15.6. The van der Waals surface area contributed by atoms with Crippen LogP contribution >= 0.6 is 0 Å². The van der Waals surface area contributed by atoms with Crippen LogP contribution in [0.1, 0.15) is 50.2 Å². The summed E-state index contributed by atoms with van der Waals surface area (Å²) in [6.45, 7) is 6.06. The van der Waals surface area contributed by atoms with Gasteiger partial charge in [-0.2, -0.15) is 5.10 Å². The number of imidazole rings is 2. The minimum Gasteiger partial charge on any atom is -0.494 e. The van der Waals surface area contributed by atoms with E-state index in [-0.39, 0.29) is 24.0 Å². The molecule has 0 saturated heterocycles. The number of hydrogen-bond acceptors (Lipinski definition) is 10. The lowest BCUT2D eigenvalue weighted by atomic mass is 10.1. The van der Waals surface area contributed by atoms with Crippen molar-refractivity contribution in [2.45, 2.75) is 39.9 Å².